The van der Waals surface area contributed by atoms with E-state index in [9.17, 15) is 19.2 Å². The minimum absolute atomic E-state index is 0.0525. The standard InChI is InChI=1S/C26H28N4O4/c1-15(16-8-10-18(11-9-16)29-24(32)17-6-7-17)28-22(31)14-27-25(33)23-20-4-2-3-5-21(20)26(34)30(23)19-12-13-19/h2-5,8-11,15,17,19,23H,6-7,12-14H2,1H3,(H,27,33)(H,28,31)(H,29,32)/t15-,23-/m1/s1. The Morgan fingerprint density at radius 1 is 0.971 bits per heavy atom. The molecule has 2 aromatic carbocycles. The number of benzene rings is 2. The largest absolute Gasteiger partial charge is 0.348 e. The molecular formula is C26H28N4O4. The molecule has 2 atom stereocenters. The Hall–Kier alpha value is -3.68. The van der Waals surface area contributed by atoms with Crippen molar-refractivity contribution in [3.63, 3.8) is 0 Å². The van der Waals surface area contributed by atoms with Gasteiger partial charge in [0.1, 0.15) is 6.04 Å². The van der Waals surface area contributed by atoms with E-state index in [1.807, 2.05) is 37.3 Å². The third-order valence-electron chi connectivity index (χ3n) is 6.61. The van der Waals surface area contributed by atoms with Crippen LogP contribution in [0.25, 0.3) is 0 Å². The van der Waals surface area contributed by atoms with Crippen LogP contribution in [0.15, 0.2) is 48.5 Å². The van der Waals surface area contributed by atoms with E-state index in [0.29, 0.717) is 11.1 Å². The van der Waals surface area contributed by atoms with Gasteiger partial charge in [-0.2, -0.15) is 0 Å². The molecule has 34 heavy (non-hydrogen) atoms. The molecule has 2 saturated carbocycles. The van der Waals surface area contributed by atoms with Gasteiger partial charge in [0.15, 0.2) is 0 Å². The zero-order valence-corrected chi connectivity index (χ0v) is 19.0. The van der Waals surface area contributed by atoms with Gasteiger partial charge in [0.05, 0.1) is 12.6 Å². The average Bonchev–Trinajstić information content (AvgIpc) is 3.75. The highest BCUT2D eigenvalue weighted by Gasteiger charge is 2.47. The zero-order chi connectivity index (χ0) is 23.8. The molecule has 8 heteroatoms. The molecule has 2 aliphatic carbocycles. The Bertz CT molecular complexity index is 1140. The van der Waals surface area contributed by atoms with Crippen molar-refractivity contribution in [3.8, 4) is 0 Å². The number of anilines is 1. The number of fused-ring (bicyclic) bond motifs is 1. The molecule has 0 radical (unpaired) electrons. The maximum Gasteiger partial charge on any atom is 0.255 e. The average molecular weight is 461 g/mol. The van der Waals surface area contributed by atoms with Crippen molar-refractivity contribution in [1.82, 2.24) is 15.5 Å². The quantitative estimate of drug-likeness (QED) is 0.563. The molecule has 0 bridgehead atoms. The maximum atomic E-state index is 13.0. The zero-order valence-electron chi connectivity index (χ0n) is 19.0. The van der Waals surface area contributed by atoms with E-state index < -0.39 is 6.04 Å². The Morgan fingerprint density at radius 2 is 1.68 bits per heavy atom. The van der Waals surface area contributed by atoms with Gasteiger partial charge in [0, 0.05) is 23.2 Å². The molecule has 176 valence electrons. The van der Waals surface area contributed by atoms with Crippen LogP contribution in [0.3, 0.4) is 0 Å². The minimum atomic E-state index is -0.695. The summed E-state index contributed by atoms with van der Waals surface area (Å²) in [6.07, 6.45) is 3.69. The fourth-order valence-electron chi connectivity index (χ4n) is 4.42. The van der Waals surface area contributed by atoms with E-state index in [1.165, 1.54) is 0 Å². The van der Waals surface area contributed by atoms with Gasteiger partial charge < -0.3 is 20.9 Å². The van der Waals surface area contributed by atoms with Gasteiger partial charge >= 0.3 is 0 Å². The molecule has 1 heterocycles. The highest BCUT2D eigenvalue weighted by molar-refractivity contribution is 6.05. The van der Waals surface area contributed by atoms with Crippen LogP contribution >= 0.6 is 0 Å². The van der Waals surface area contributed by atoms with E-state index in [2.05, 4.69) is 16.0 Å². The number of carbonyl (C=O) groups is 4. The van der Waals surface area contributed by atoms with Crippen LogP contribution in [-0.2, 0) is 14.4 Å². The molecular weight excluding hydrogens is 432 g/mol. The second kappa shape index (κ2) is 8.93. The van der Waals surface area contributed by atoms with Gasteiger partial charge in [-0.25, -0.2) is 0 Å². The fourth-order valence-corrected chi connectivity index (χ4v) is 4.42. The van der Waals surface area contributed by atoms with Crippen LogP contribution in [-0.4, -0.2) is 41.1 Å². The summed E-state index contributed by atoms with van der Waals surface area (Å²) in [4.78, 5) is 51.9. The van der Waals surface area contributed by atoms with E-state index in [4.69, 9.17) is 0 Å². The summed E-state index contributed by atoms with van der Waals surface area (Å²) in [5, 5.41) is 8.49. The van der Waals surface area contributed by atoms with Crippen LogP contribution in [0.4, 0.5) is 5.69 Å². The Morgan fingerprint density at radius 3 is 2.35 bits per heavy atom. The van der Waals surface area contributed by atoms with Crippen LogP contribution in [0.5, 0.6) is 0 Å². The predicted octanol–water partition coefficient (Wildman–Crippen LogP) is 2.69. The van der Waals surface area contributed by atoms with Gasteiger partial charge in [-0.05, 0) is 61.9 Å². The minimum Gasteiger partial charge on any atom is -0.348 e. The molecule has 4 amide bonds. The Kier molecular flexibility index (Phi) is 5.81. The highest BCUT2D eigenvalue weighted by atomic mass is 16.2. The van der Waals surface area contributed by atoms with Crippen molar-refractivity contribution in [1.29, 1.82) is 0 Å². The van der Waals surface area contributed by atoms with Gasteiger partial charge in [0.2, 0.25) is 17.7 Å². The van der Waals surface area contributed by atoms with Crippen molar-refractivity contribution in [2.75, 3.05) is 11.9 Å². The topological polar surface area (TPSA) is 108 Å². The Balaban J connectivity index is 1.15. The molecule has 3 N–H and O–H groups in total. The van der Waals surface area contributed by atoms with Crippen molar-refractivity contribution in [2.45, 2.75) is 50.7 Å². The monoisotopic (exact) mass is 460 g/mol. The smallest absolute Gasteiger partial charge is 0.255 e. The number of carbonyl (C=O) groups excluding carboxylic acids is 4. The van der Waals surface area contributed by atoms with Crippen molar-refractivity contribution < 1.29 is 19.2 Å². The first-order valence-electron chi connectivity index (χ1n) is 11.8. The molecule has 3 aliphatic rings. The first-order chi connectivity index (χ1) is 16.4. The fraction of sp³-hybridized carbons (Fsp3) is 0.385. The summed E-state index contributed by atoms with van der Waals surface area (Å²) >= 11 is 0. The molecule has 1 aliphatic heterocycles. The molecule has 0 unspecified atom stereocenters. The van der Waals surface area contributed by atoms with Gasteiger partial charge in [0.25, 0.3) is 5.91 Å². The first-order valence-corrected chi connectivity index (χ1v) is 11.8. The number of amides is 4. The summed E-state index contributed by atoms with van der Waals surface area (Å²) in [5.74, 6) is -0.587. The van der Waals surface area contributed by atoms with E-state index in [0.717, 1.165) is 36.9 Å². The lowest BCUT2D eigenvalue weighted by Crippen LogP contribution is -2.44. The molecule has 5 rings (SSSR count). The van der Waals surface area contributed by atoms with E-state index >= 15 is 0 Å². The summed E-state index contributed by atoms with van der Waals surface area (Å²) in [5.41, 5.74) is 2.88. The second-order valence-electron chi connectivity index (χ2n) is 9.33. The number of nitrogens with zero attached hydrogens (tertiary/aromatic N) is 1. The van der Waals surface area contributed by atoms with Crippen LogP contribution < -0.4 is 16.0 Å². The number of rotatable bonds is 8. The van der Waals surface area contributed by atoms with Crippen LogP contribution in [0, 0.1) is 5.92 Å². The van der Waals surface area contributed by atoms with Gasteiger partial charge in [-0.3, -0.25) is 19.2 Å². The number of nitrogens with one attached hydrogen (secondary N) is 3. The first kappa shape index (κ1) is 22.1. The molecule has 0 spiro atoms. The molecule has 2 aromatic rings. The summed E-state index contributed by atoms with van der Waals surface area (Å²) in [6, 6.07) is 13.7. The second-order valence-corrected chi connectivity index (χ2v) is 9.33. The third kappa shape index (κ3) is 4.53. The lowest BCUT2D eigenvalue weighted by molar-refractivity contribution is -0.129. The highest BCUT2D eigenvalue weighted by Crippen LogP contribution is 2.41. The summed E-state index contributed by atoms with van der Waals surface area (Å²) < 4.78 is 0. The lowest BCUT2D eigenvalue weighted by atomic mass is 10.0. The van der Waals surface area contributed by atoms with Crippen LogP contribution in [0.1, 0.15) is 66.2 Å². The van der Waals surface area contributed by atoms with E-state index in [1.54, 1.807) is 23.1 Å². The SMILES string of the molecule is C[C@@H](NC(=O)CNC(=O)[C@H]1c2ccccc2C(=O)N1C1CC1)c1ccc(NC(=O)C2CC2)cc1. The normalized spacial score (nSPS) is 19.9. The van der Waals surface area contributed by atoms with Gasteiger partial charge in [-0.1, -0.05) is 30.3 Å². The third-order valence-corrected chi connectivity index (χ3v) is 6.61. The van der Waals surface area contributed by atoms with Crippen molar-refractivity contribution in [3.05, 3.63) is 65.2 Å². The molecule has 0 aromatic heterocycles. The predicted molar refractivity (Wildman–Crippen MR) is 126 cm³/mol. The van der Waals surface area contributed by atoms with Gasteiger partial charge in [-0.15, -0.1) is 0 Å². The Labute approximate surface area is 198 Å². The van der Waals surface area contributed by atoms with E-state index in [-0.39, 0.29) is 48.2 Å². The number of hydrogen-bond acceptors (Lipinski definition) is 4. The molecule has 8 nitrogen and oxygen atoms in total. The molecule has 2 fully saturated rings. The maximum absolute atomic E-state index is 13.0. The lowest BCUT2D eigenvalue weighted by Gasteiger charge is -2.24. The summed E-state index contributed by atoms with van der Waals surface area (Å²) in [6.45, 7) is 1.68. The molecule has 0 saturated heterocycles. The van der Waals surface area contributed by atoms with Crippen molar-refractivity contribution >= 4 is 29.3 Å². The van der Waals surface area contributed by atoms with Crippen LogP contribution in [0.2, 0.25) is 0 Å². The summed E-state index contributed by atoms with van der Waals surface area (Å²) in [7, 11) is 0. The van der Waals surface area contributed by atoms with Crippen molar-refractivity contribution in [2.24, 2.45) is 5.92 Å². The number of hydrogen-bond donors (Lipinski definition) is 3.